The Morgan fingerprint density at radius 2 is 1.85 bits per heavy atom. The number of benzene rings is 1. The van der Waals surface area contributed by atoms with Gasteiger partial charge in [-0.3, -0.25) is 0 Å². The molecule has 5 nitrogen and oxygen atoms in total. The molecule has 20 heavy (non-hydrogen) atoms. The molecule has 0 radical (unpaired) electrons. The van der Waals surface area contributed by atoms with Gasteiger partial charge in [0.25, 0.3) is 0 Å². The second-order valence-electron chi connectivity index (χ2n) is 4.68. The first-order valence-electron chi connectivity index (χ1n) is 5.76. The Morgan fingerprint density at radius 1 is 1.20 bits per heavy atom. The van der Waals surface area contributed by atoms with E-state index in [-0.39, 0.29) is 19.5 Å². The van der Waals surface area contributed by atoms with Crippen molar-refractivity contribution in [2.75, 3.05) is 19.3 Å². The Morgan fingerprint density at radius 3 is 2.40 bits per heavy atom. The highest BCUT2D eigenvalue weighted by molar-refractivity contribution is 7.91. The Labute approximate surface area is 116 Å². The molecule has 2 rings (SSSR count). The van der Waals surface area contributed by atoms with Gasteiger partial charge < -0.3 is 0 Å². The van der Waals surface area contributed by atoms with Gasteiger partial charge >= 0.3 is 0 Å². The predicted octanol–water partition coefficient (Wildman–Crippen LogP) is 0.772. The van der Waals surface area contributed by atoms with Gasteiger partial charge in [-0.15, -0.1) is 0 Å². The molecule has 0 saturated carbocycles. The molecule has 0 amide bonds. The highest BCUT2D eigenvalue weighted by atomic mass is 32.2. The van der Waals surface area contributed by atoms with E-state index >= 15 is 0 Å². The normalized spacial score (nSPS) is 21.2. The van der Waals surface area contributed by atoms with Crippen LogP contribution in [-0.2, 0) is 19.9 Å². The van der Waals surface area contributed by atoms with Gasteiger partial charge in [-0.05, 0) is 24.6 Å². The van der Waals surface area contributed by atoms with E-state index in [1.807, 2.05) is 0 Å². The molecule has 0 unspecified atom stereocenters. The molecule has 1 aromatic rings. The van der Waals surface area contributed by atoms with E-state index in [1.54, 1.807) is 0 Å². The average Bonchev–Trinajstić information content (AvgIpc) is 2.82. The lowest BCUT2D eigenvalue weighted by Crippen LogP contribution is -2.32. The van der Waals surface area contributed by atoms with Crippen LogP contribution in [0.25, 0.3) is 0 Å². The molecule has 1 saturated heterocycles. The van der Waals surface area contributed by atoms with Gasteiger partial charge in [0.05, 0.1) is 5.25 Å². The molecule has 1 fully saturated rings. The third-order valence-corrected chi connectivity index (χ3v) is 6.70. The minimum atomic E-state index is -4.23. The first kappa shape index (κ1) is 15.3. The standard InChI is InChI=1S/C11H13F2NO4S2/c1-19(15,16)9-4-5-14(7-9)20(17,18)11-6-8(12)2-3-10(11)13/h2-3,6,9H,4-5,7H2,1H3/t9-/m0/s1. The Hall–Kier alpha value is -1.06. The highest BCUT2D eigenvalue weighted by Gasteiger charge is 2.38. The molecule has 112 valence electrons. The van der Waals surface area contributed by atoms with Crippen LogP contribution in [0.4, 0.5) is 8.78 Å². The first-order chi connectivity index (χ1) is 9.12. The van der Waals surface area contributed by atoms with Gasteiger partial charge in [-0.1, -0.05) is 0 Å². The van der Waals surface area contributed by atoms with E-state index in [9.17, 15) is 25.6 Å². The van der Waals surface area contributed by atoms with Crippen molar-refractivity contribution in [2.45, 2.75) is 16.6 Å². The van der Waals surface area contributed by atoms with Crippen LogP contribution in [0.5, 0.6) is 0 Å². The summed E-state index contributed by atoms with van der Waals surface area (Å²) in [6, 6.07) is 2.14. The maximum absolute atomic E-state index is 13.6. The van der Waals surface area contributed by atoms with Crippen molar-refractivity contribution >= 4 is 19.9 Å². The van der Waals surface area contributed by atoms with Crippen LogP contribution in [0.15, 0.2) is 23.1 Å². The maximum atomic E-state index is 13.6. The minimum absolute atomic E-state index is 0.0317. The number of hydrogen-bond donors (Lipinski definition) is 0. The van der Waals surface area contributed by atoms with Crippen molar-refractivity contribution in [1.29, 1.82) is 0 Å². The fraction of sp³-hybridized carbons (Fsp3) is 0.455. The number of nitrogens with zero attached hydrogens (tertiary/aromatic N) is 1. The molecule has 1 aliphatic rings. The van der Waals surface area contributed by atoms with Gasteiger partial charge in [0, 0.05) is 19.3 Å². The van der Waals surface area contributed by atoms with Crippen LogP contribution >= 0.6 is 0 Å². The highest BCUT2D eigenvalue weighted by Crippen LogP contribution is 2.26. The Balaban J connectivity index is 2.36. The zero-order chi connectivity index (χ0) is 15.1. The van der Waals surface area contributed by atoms with Crippen LogP contribution in [0.3, 0.4) is 0 Å². The third kappa shape index (κ3) is 2.84. The second kappa shape index (κ2) is 5.05. The van der Waals surface area contributed by atoms with Crippen LogP contribution in [0, 0.1) is 11.6 Å². The molecular formula is C11H13F2NO4S2. The van der Waals surface area contributed by atoms with Crippen LogP contribution in [0.1, 0.15) is 6.42 Å². The number of hydrogen-bond acceptors (Lipinski definition) is 4. The molecular weight excluding hydrogens is 312 g/mol. The number of sulfonamides is 1. The van der Waals surface area contributed by atoms with Gasteiger partial charge in [-0.25, -0.2) is 25.6 Å². The molecule has 0 N–H and O–H groups in total. The molecule has 9 heteroatoms. The van der Waals surface area contributed by atoms with E-state index in [0.29, 0.717) is 6.07 Å². The van der Waals surface area contributed by atoms with Crippen molar-refractivity contribution in [3.05, 3.63) is 29.8 Å². The fourth-order valence-corrected chi connectivity index (χ4v) is 4.73. The van der Waals surface area contributed by atoms with E-state index in [2.05, 4.69) is 0 Å². The van der Waals surface area contributed by atoms with Gasteiger partial charge in [-0.2, -0.15) is 4.31 Å². The van der Waals surface area contributed by atoms with Crippen molar-refractivity contribution in [3.63, 3.8) is 0 Å². The van der Waals surface area contributed by atoms with Crippen molar-refractivity contribution < 1.29 is 25.6 Å². The van der Waals surface area contributed by atoms with Crippen molar-refractivity contribution in [1.82, 2.24) is 4.31 Å². The van der Waals surface area contributed by atoms with Gasteiger partial charge in [0.2, 0.25) is 10.0 Å². The molecule has 1 heterocycles. The van der Waals surface area contributed by atoms with Crippen LogP contribution < -0.4 is 0 Å². The number of halogens is 2. The topological polar surface area (TPSA) is 71.5 Å². The van der Waals surface area contributed by atoms with Crippen molar-refractivity contribution in [3.8, 4) is 0 Å². The summed E-state index contributed by atoms with van der Waals surface area (Å²) in [4.78, 5) is -0.772. The average molecular weight is 325 g/mol. The molecule has 1 aromatic carbocycles. The van der Waals surface area contributed by atoms with E-state index in [0.717, 1.165) is 22.7 Å². The minimum Gasteiger partial charge on any atom is -0.229 e. The summed E-state index contributed by atoms with van der Waals surface area (Å²) in [7, 11) is -7.60. The van der Waals surface area contributed by atoms with Crippen molar-refractivity contribution in [2.24, 2.45) is 0 Å². The van der Waals surface area contributed by atoms with E-state index in [1.165, 1.54) is 0 Å². The summed E-state index contributed by atoms with van der Waals surface area (Å²) >= 11 is 0. The van der Waals surface area contributed by atoms with Crippen LogP contribution in [0.2, 0.25) is 0 Å². The second-order valence-corrected chi connectivity index (χ2v) is 8.91. The zero-order valence-electron chi connectivity index (χ0n) is 10.6. The van der Waals surface area contributed by atoms with E-state index in [4.69, 9.17) is 0 Å². The zero-order valence-corrected chi connectivity index (χ0v) is 12.2. The fourth-order valence-electron chi connectivity index (χ4n) is 2.08. The summed E-state index contributed by atoms with van der Waals surface area (Å²) in [5.74, 6) is -1.93. The predicted molar refractivity (Wildman–Crippen MR) is 68.4 cm³/mol. The molecule has 1 atom stereocenters. The Bertz CT molecular complexity index is 731. The quantitative estimate of drug-likeness (QED) is 0.823. The number of rotatable bonds is 3. The SMILES string of the molecule is CS(=O)(=O)[C@H]1CCN(S(=O)(=O)c2cc(F)ccc2F)C1. The van der Waals surface area contributed by atoms with E-state index < -0.39 is 41.6 Å². The largest absolute Gasteiger partial charge is 0.246 e. The lowest BCUT2D eigenvalue weighted by Gasteiger charge is -2.16. The van der Waals surface area contributed by atoms with Gasteiger partial charge in [0.1, 0.15) is 16.5 Å². The molecule has 0 aromatic heterocycles. The summed E-state index contributed by atoms with van der Waals surface area (Å²) < 4.78 is 74.7. The Kier molecular flexibility index (Phi) is 3.87. The summed E-state index contributed by atoms with van der Waals surface area (Å²) in [6.45, 7) is -0.271. The lowest BCUT2D eigenvalue weighted by molar-refractivity contribution is 0.467. The monoisotopic (exact) mass is 325 g/mol. The summed E-state index contributed by atoms with van der Waals surface area (Å²) in [6.07, 6.45) is 1.17. The molecule has 0 aliphatic carbocycles. The summed E-state index contributed by atoms with van der Waals surface area (Å²) in [5, 5.41) is -0.811. The first-order valence-corrected chi connectivity index (χ1v) is 9.16. The number of sulfone groups is 1. The third-order valence-electron chi connectivity index (χ3n) is 3.22. The lowest BCUT2D eigenvalue weighted by atomic mass is 10.3. The smallest absolute Gasteiger partial charge is 0.229 e. The van der Waals surface area contributed by atoms with Crippen LogP contribution in [-0.4, -0.2) is 45.7 Å². The molecule has 0 bridgehead atoms. The molecule has 0 spiro atoms. The molecule has 1 aliphatic heterocycles. The summed E-state index contributed by atoms with van der Waals surface area (Å²) in [5.41, 5.74) is 0. The van der Waals surface area contributed by atoms with Gasteiger partial charge in [0.15, 0.2) is 9.84 Å². The maximum Gasteiger partial charge on any atom is 0.246 e.